The SMILES string of the molecule is Nc1nc(/C=C/c2c[nH]c3cccc(F)c23)cs1. The van der Waals surface area contributed by atoms with Gasteiger partial charge in [0.25, 0.3) is 0 Å². The Balaban J connectivity index is 2.03. The highest BCUT2D eigenvalue weighted by atomic mass is 32.1. The van der Waals surface area contributed by atoms with Crippen LogP contribution in [-0.4, -0.2) is 9.97 Å². The molecule has 0 unspecified atom stereocenters. The summed E-state index contributed by atoms with van der Waals surface area (Å²) in [6.07, 6.45) is 5.43. The average Bonchev–Trinajstić information content (AvgIpc) is 2.94. The van der Waals surface area contributed by atoms with E-state index < -0.39 is 0 Å². The van der Waals surface area contributed by atoms with E-state index in [2.05, 4.69) is 9.97 Å². The Labute approximate surface area is 107 Å². The third-order valence-electron chi connectivity index (χ3n) is 2.66. The van der Waals surface area contributed by atoms with Crippen LogP contribution in [0.25, 0.3) is 23.1 Å². The number of aromatic amines is 1. The molecule has 0 amide bonds. The number of hydrogen-bond donors (Lipinski definition) is 2. The molecule has 0 atom stereocenters. The molecule has 0 saturated carbocycles. The van der Waals surface area contributed by atoms with Gasteiger partial charge < -0.3 is 10.7 Å². The molecule has 3 aromatic rings. The summed E-state index contributed by atoms with van der Waals surface area (Å²) in [6.45, 7) is 0. The standard InChI is InChI=1S/C13H10FN3S/c14-10-2-1-3-11-12(10)8(6-16-11)4-5-9-7-18-13(15)17-9/h1-7,16H,(H2,15,17)/b5-4+. The summed E-state index contributed by atoms with van der Waals surface area (Å²) in [5, 5.41) is 2.98. The first-order valence-electron chi connectivity index (χ1n) is 5.39. The van der Waals surface area contributed by atoms with E-state index in [4.69, 9.17) is 5.73 Å². The first kappa shape index (κ1) is 11.0. The van der Waals surface area contributed by atoms with Crippen molar-refractivity contribution in [1.29, 1.82) is 0 Å². The number of benzene rings is 1. The van der Waals surface area contributed by atoms with Gasteiger partial charge in [0.2, 0.25) is 0 Å². The number of fused-ring (bicyclic) bond motifs is 1. The van der Waals surface area contributed by atoms with Crippen LogP contribution in [-0.2, 0) is 0 Å². The van der Waals surface area contributed by atoms with E-state index in [0.717, 1.165) is 16.8 Å². The van der Waals surface area contributed by atoms with Crippen LogP contribution in [0, 0.1) is 5.82 Å². The maximum absolute atomic E-state index is 13.7. The van der Waals surface area contributed by atoms with Crippen LogP contribution in [0.5, 0.6) is 0 Å². The zero-order chi connectivity index (χ0) is 12.5. The number of halogens is 1. The number of anilines is 1. The van der Waals surface area contributed by atoms with Crippen LogP contribution in [0.15, 0.2) is 29.8 Å². The van der Waals surface area contributed by atoms with Gasteiger partial charge in [-0.05, 0) is 18.2 Å². The van der Waals surface area contributed by atoms with Crippen molar-refractivity contribution in [2.45, 2.75) is 0 Å². The van der Waals surface area contributed by atoms with Crippen molar-refractivity contribution < 1.29 is 4.39 Å². The number of H-pyrrole nitrogens is 1. The molecule has 0 spiro atoms. The van der Waals surface area contributed by atoms with Gasteiger partial charge in [-0.1, -0.05) is 12.1 Å². The average molecular weight is 259 g/mol. The number of hydrogen-bond acceptors (Lipinski definition) is 3. The van der Waals surface area contributed by atoms with Crippen LogP contribution < -0.4 is 5.73 Å². The van der Waals surface area contributed by atoms with Crippen LogP contribution in [0.1, 0.15) is 11.3 Å². The van der Waals surface area contributed by atoms with Crippen molar-refractivity contribution in [1.82, 2.24) is 9.97 Å². The van der Waals surface area contributed by atoms with Crippen LogP contribution in [0.2, 0.25) is 0 Å². The number of aromatic nitrogens is 2. The Morgan fingerprint density at radius 3 is 3.00 bits per heavy atom. The fourth-order valence-electron chi connectivity index (χ4n) is 1.85. The Hall–Kier alpha value is -2.14. The molecule has 0 aliphatic rings. The predicted molar refractivity (Wildman–Crippen MR) is 73.7 cm³/mol. The Morgan fingerprint density at radius 2 is 2.22 bits per heavy atom. The van der Waals surface area contributed by atoms with Gasteiger partial charge in [-0.25, -0.2) is 9.37 Å². The highest BCUT2D eigenvalue weighted by Crippen LogP contribution is 2.23. The topological polar surface area (TPSA) is 54.7 Å². The minimum Gasteiger partial charge on any atom is -0.375 e. The summed E-state index contributed by atoms with van der Waals surface area (Å²) in [6, 6.07) is 4.98. The maximum atomic E-state index is 13.7. The van der Waals surface area contributed by atoms with Gasteiger partial charge in [-0.15, -0.1) is 11.3 Å². The van der Waals surface area contributed by atoms with Crippen molar-refractivity contribution in [3.8, 4) is 0 Å². The lowest BCUT2D eigenvalue weighted by atomic mass is 10.1. The smallest absolute Gasteiger partial charge is 0.180 e. The largest absolute Gasteiger partial charge is 0.375 e. The molecule has 0 fully saturated rings. The minimum atomic E-state index is -0.230. The van der Waals surface area contributed by atoms with E-state index >= 15 is 0 Å². The molecule has 0 bridgehead atoms. The number of nitrogen functional groups attached to an aromatic ring is 1. The van der Waals surface area contributed by atoms with Crippen molar-refractivity contribution in [2.24, 2.45) is 0 Å². The van der Waals surface area contributed by atoms with E-state index in [-0.39, 0.29) is 5.82 Å². The third kappa shape index (κ3) is 1.89. The number of nitrogens with zero attached hydrogens (tertiary/aromatic N) is 1. The minimum absolute atomic E-state index is 0.230. The van der Waals surface area contributed by atoms with Gasteiger partial charge in [0.15, 0.2) is 5.13 Å². The summed E-state index contributed by atoms with van der Waals surface area (Å²) in [7, 11) is 0. The summed E-state index contributed by atoms with van der Waals surface area (Å²) in [5.41, 5.74) is 7.92. The van der Waals surface area contributed by atoms with Gasteiger partial charge in [-0.3, -0.25) is 0 Å². The molecule has 3 N–H and O–H groups in total. The van der Waals surface area contributed by atoms with Gasteiger partial charge in [0.1, 0.15) is 5.82 Å². The van der Waals surface area contributed by atoms with E-state index in [1.807, 2.05) is 23.6 Å². The highest BCUT2D eigenvalue weighted by Gasteiger charge is 2.05. The molecule has 5 heteroatoms. The fourth-order valence-corrected chi connectivity index (χ4v) is 2.38. The van der Waals surface area contributed by atoms with Crippen molar-refractivity contribution in [2.75, 3.05) is 5.73 Å². The van der Waals surface area contributed by atoms with Gasteiger partial charge in [-0.2, -0.15) is 0 Å². The van der Waals surface area contributed by atoms with E-state index in [1.54, 1.807) is 12.3 Å². The quantitative estimate of drug-likeness (QED) is 0.739. The van der Waals surface area contributed by atoms with Gasteiger partial charge >= 0.3 is 0 Å². The summed E-state index contributed by atoms with van der Waals surface area (Å²) in [4.78, 5) is 7.15. The Bertz CT molecular complexity index is 727. The maximum Gasteiger partial charge on any atom is 0.180 e. The molecule has 0 saturated heterocycles. The predicted octanol–water partition coefficient (Wildman–Crippen LogP) is 3.52. The summed E-state index contributed by atoms with van der Waals surface area (Å²) < 4.78 is 13.7. The molecule has 2 heterocycles. The van der Waals surface area contributed by atoms with Crippen molar-refractivity contribution in [3.63, 3.8) is 0 Å². The molecule has 1 aromatic carbocycles. The number of nitrogens with two attached hydrogens (primary N) is 1. The molecular weight excluding hydrogens is 249 g/mol. The summed E-state index contributed by atoms with van der Waals surface area (Å²) >= 11 is 1.38. The molecule has 0 radical (unpaired) electrons. The zero-order valence-corrected chi connectivity index (χ0v) is 10.2. The van der Waals surface area contributed by atoms with E-state index in [0.29, 0.717) is 10.5 Å². The van der Waals surface area contributed by atoms with Crippen LogP contribution in [0.4, 0.5) is 9.52 Å². The molecule has 2 aromatic heterocycles. The Kier molecular flexibility index (Phi) is 2.60. The molecule has 3 rings (SSSR count). The number of nitrogens with one attached hydrogen (secondary N) is 1. The number of thiazole rings is 1. The lowest BCUT2D eigenvalue weighted by Gasteiger charge is -1.93. The monoisotopic (exact) mass is 259 g/mol. The molecular formula is C13H10FN3S. The van der Waals surface area contributed by atoms with Crippen molar-refractivity contribution >= 4 is 39.5 Å². The van der Waals surface area contributed by atoms with Crippen LogP contribution in [0.3, 0.4) is 0 Å². The van der Waals surface area contributed by atoms with Crippen molar-refractivity contribution in [3.05, 3.63) is 46.9 Å². The lowest BCUT2D eigenvalue weighted by molar-refractivity contribution is 0.640. The number of rotatable bonds is 2. The normalized spacial score (nSPS) is 11.6. The van der Waals surface area contributed by atoms with Gasteiger partial charge in [0, 0.05) is 28.0 Å². The van der Waals surface area contributed by atoms with E-state index in [9.17, 15) is 4.39 Å². The van der Waals surface area contributed by atoms with Crippen LogP contribution >= 0.6 is 11.3 Å². The molecule has 18 heavy (non-hydrogen) atoms. The molecule has 0 aliphatic heterocycles. The van der Waals surface area contributed by atoms with E-state index in [1.165, 1.54) is 17.4 Å². The molecule has 3 nitrogen and oxygen atoms in total. The Morgan fingerprint density at radius 1 is 1.33 bits per heavy atom. The highest BCUT2D eigenvalue weighted by molar-refractivity contribution is 7.13. The first-order valence-corrected chi connectivity index (χ1v) is 6.27. The molecule has 0 aliphatic carbocycles. The second-order valence-electron chi connectivity index (χ2n) is 3.85. The lowest BCUT2D eigenvalue weighted by Crippen LogP contribution is -1.81. The zero-order valence-electron chi connectivity index (χ0n) is 9.35. The summed E-state index contributed by atoms with van der Waals surface area (Å²) in [5.74, 6) is -0.230. The third-order valence-corrected chi connectivity index (χ3v) is 3.35. The fraction of sp³-hybridized carbons (Fsp3) is 0. The second-order valence-corrected chi connectivity index (χ2v) is 4.74. The van der Waals surface area contributed by atoms with Gasteiger partial charge in [0.05, 0.1) is 5.69 Å². The molecule has 90 valence electrons. The first-order chi connectivity index (χ1) is 8.74. The second kappa shape index (κ2) is 4.27.